The van der Waals surface area contributed by atoms with E-state index in [9.17, 15) is 0 Å². The van der Waals surface area contributed by atoms with Gasteiger partial charge in [-0.05, 0) is 48.5 Å². The van der Waals surface area contributed by atoms with Crippen LogP contribution in [-0.4, -0.2) is 24.9 Å². The molecule has 6 aromatic rings. The molecule has 0 saturated heterocycles. The third kappa shape index (κ3) is 2.84. The van der Waals surface area contributed by atoms with Crippen LogP contribution >= 0.6 is 0 Å². The van der Waals surface area contributed by atoms with Crippen molar-refractivity contribution in [3.05, 3.63) is 91.3 Å². The molecule has 0 spiro atoms. The number of fused-ring (bicyclic) bond motifs is 3. The number of hydrogen-bond acceptors (Lipinski definition) is 5. The maximum absolute atomic E-state index is 4.82. The fraction of sp³-hybridized carbons (Fsp3) is 0. The van der Waals surface area contributed by atoms with Gasteiger partial charge in [0.2, 0.25) is 0 Å². The Hall–Kier alpha value is -4.25. The smallest absolute Gasteiger partial charge is 0.159 e. The van der Waals surface area contributed by atoms with E-state index in [4.69, 9.17) is 9.97 Å². The van der Waals surface area contributed by atoms with Crippen LogP contribution in [0.5, 0.6) is 0 Å². The number of rotatable bonds is 2. The Bertz CT molecular complexity index is 1440. The highest BCUT2D eigenvalue weighted by atomic mass is 14.9. The molecule has 140 valence electrons. The molecule has 0 N–H and O–H groups in total. The first-order valence-electron chi connectivity index (χ1n) is 9.69. The maximum atomic E-state index is 4.82. The largest absolute Gasteiger partial charge is 0.252 e. The van der Waals surface area contributed by atoms with Crippen molar-refractivity contribution < 1.29 is 0 Å². The molecular formula is C25H15N5. The Labute approximate surface area is 172 Å². The summed E-state index contributed by atoms with van der Waals surface area (Å²) in [5.74, 6) is 0. The Balaban J connectivity index is 1.46. The van der Waals surface area contributed by atoms with Crippen molar-refractivity contribution in [1.29, 1.82) is 0 Å². The summed E-state index contributed by atoms with van der Waals surface area (Å²) in [6.45, 7) is 0. The minimum absolute atomic E-state index is 0.700. The van der Waals surface area contributed by atoms with Gasteiger partial charge in [0, 0.05) is 22.5 Å². The van der Waals surface area contributed by atoms with Gasteiger partial charge in [-0.25, -0.2) is 19.9 Å². The first-order chi connectivity index (χ1) is 14.8. The van der Waals surface area contributed by atoms with Crippen molar-refractivity contribution in [1.82, 2.24) is 24.9 Å². The third-order valence-electron chi connectivity index (χ3n) is 5.16. The van der Waals surface area contributed by atoms with Gasteiger partial charge in [0.05, 0.1) is 34.1 Å². The molecule has 0 amide bonds. The highest BCUT2D eigenvalue weighted by Crippen LogP contribution is 2.25. The van der Waals surface area contributed by atoms with Gasteiger partial charge in [0.1, 0.15) is 5.69 Å². The predicted octanol–water partition coefficient (Wildman–Crippen LogP) is 5.46. The topological polar surface area (TPSA) is 64.5 Å². The van der Waals surface area contributed by atoms with E-state index in [1.165, 1.54) is 0 Å². The molecule has 5 nitrogen and oxygen atoms in total. The molecule has 4 heterocycles. The van der Waals surface area contributed by atoms with Crippen LogP contribution in [0.3, 0.4) is 0 Å². The third-order valence-corrected chi connectivity index (χ3v) is 5.16. The van der Waals surface area contributed by atoms with E-state index in [1.54, 1.807) is 12.4 Å². The van der Waals surface area contributed by atoms with Crippen LogP contribution in [0.4, 0.5) is 0 Å². The number of pyridine rings is 3. The molecule has 0 aliphatic heterocycles. The summed E-state index contributed by atoms with van der Waals surface area (Å²) in [5.41, 5.74) is 6.71. The SMILES string of the molecule is c1ccc2nc(-c3ccc4ncc(-c5ccc6cccnc6n5)nc4c3)ccc2c1. The maximum Gasteiger partial charge on any atom is 0.159 e. The fourth-order valence-corrected chi connectivity index (χ4v) is 3.62. The van der Waals surface area contributed by atoms with Crippen molar-refractivity contribution in [3.8, 4) is 22.6 Å². The zero-order chi connectivity index (χ0) is 19.9. The van der Waals surface area contributed by atoms with E-state index < -0.39 is 0 Å². The van der Waals surface area contributed by atoms with E-state index in [0.29, 0.717) is 5.65 Å². The monoisotopic (exact) mass is 385 g/mol. The number of benzene rings is 2. The summed E-state index contributed by atoms with van der Waals surface area (Å²) >= 11 is 0. The predicted molar refractivity (Wildman–Crippen MR) is 119 cm³/mol. The van der Waals surface area contributed by atoms with Crippen LogP contribution in [0, 0.1) is 0 Å². The zero-order valence-corrected chi connectivity index (χ0v) is 15.9. The van der Waals surface area contributed by atoms with E-state index in [1.807, 2.05) is 66.7 Å². The van der Waals surface area contributed by atoms with Crippen molar-refractivity contribution >= 4 is 33.0 Å². The summed E-state index contributed by atoms with van der Waals surface area (Å²) in [5, 5.41) is 2.12. The number of hydrogen-bond donors (Lipinski definition) is 0. The average Bonchev–Trinajstić information content (AvgIpc) is 2.82. The van der Waals surface area contributed by atoms with Crippen molar-refractivity contribution in [2.24, 2.45) is 0 Å². The average molecular weight is 385 g/mol. The summed E-state index contributed by atoms with van der Waals surface area (Å²) in [4.78, 5) is 23.2. The minimum Gasteiger partial charge on any atom is -0.252 e. The van der Waals surface area contributed by atoms with Crippen LogP contribution in [0.25, 0.3) is 55.6 Å². The molecule has 6 rings (SSSR count). The molecule has 0 atom stereocenters. The Kier molecular flexibility index (Phi) is 3.71. The van der Waals surface area contributed by atoms with E-state index >= 15 is 0 Å². The zero-order valence-electron chi connectivity index (χ0n) is 15.9. The summed E-state index contributed by atoms with van der Waals surface area (Å²) in [7, 11) is 0. The van der Waals surface area contributed by atoms with Gasteiger partial charge in [0.15, 0.2) is 5.65 Å². The summed E-state index contributed by atoms with van der Waals surface area (Å²) in [6, 6.07) is 26.1. The minimum atomic E-state index is 0.700. The Morgan fingerprint density at radius 3 is 2.33 bits per heavy atom. The normalized spacial score (nSPS) is 11.3. The van der Waals surface area contributed by atoms with Gasteiger partial charge in [-0.2, -0.15) is 0 Å². The van der Waals surface area contributed by atoms with Crippen molar-refractivity contribution in [2.45, 2.75) is 0 Å². The van der Waals surface area contributed by atoms with Gasteiger partial charge in [-0.15, -0.1) is 0 Å². The highest BCUT2D eigenvalue weighted by Gasteiger charge is 2.08. The highest BCUT2D eigenvalue weighted by molar-refractivity contribution is 5.85. The molecule has 0 radical (unpaired) electrons. The number of para-hydroxylation sites is 1. The quantitative estimate of drug-likeness (QED) is 0.396. The molecule has 0 aliphatic carbocycles. The summed E-state index contributed by atoms with van der Waals surface area (Å²) in [6.07, 6.45) is 3.50. The van der Waals surface area contributed by atoms with E-state index in [0.717, 1.165) is 50.0 Å². The fourth-order valence-electron chi connectivity index (χ4n) is 3.62. The van der Waals surface area contributed by atoms with Crippen molar-refractivity contribution in [2.75, 3.05) is 0 Å². The molecule has 0 unspecified atom stereocenters. The second-order valence-electron chi connectivity index (χ2n) is 7.09. The van der Waals surface area contributed by atoms with Gasteiger partial charge >= 0.3 is 0 Å². The van der Waals surface area contributed by atoms with Crippen LogP contribution in [-0.2, 0) is 0 Å². The second-order valence-corrected chi connectivity index (χ2v) is 7.09. The molecule has 2 aromatic carbocycles. The molecule has 5 heteroatoms. The Morgan fingerprint density at radius 2 is 1.33 bits per heavy atom. The Morgan fingerprint density at radius 1 is 0.500 bits per heavy atom. The molecule has 4 aromatic heterocycles. The van der Waals surface area contributed by atoms with E-state index in [-0.39, 0.29) is 0 Å². The second kappa shape index (κ2) is 6.67. The molecule has 0 saturated carbocycles. The first-order valence-corrected chi connectivity index (χ1v) is 9.69. The standard InChI is InChI=1S/C25H15N5/c1-2-6-19-16(4-1)7-10-20(28-19)18-9-11-21-23(14-18)29-24(15-27-21)22-12-8-17-5-3-13-26-25(17)30-22/h1-15H. The molecule has 0 aliphatic rings. The lowest BCUT2D eigenvalue weighted by atomic mass is 10.1. The molecule has 30 heavy (non-hydrogen) atoms. The van der Waals surface area contributed by atoms with Gasteiger partial charge in [0.25, 0.3) is 0 Å². The first kappa shape index (κ1) is 16.7. The number of nitrogens with zero attached hydrogens (tertiary/aromatic N) is 5. The lowest BCUT2D eigenvalue weighted by Gasteiger charge is -2.06. The van der Waals surface area contributed by atoms with Crippen LogP contribution < -0.4 is 0 Å². The molecular weight excluding hydrogens is 370 g/mol. The van der Waals surface area contributed by atoms with Crippen LogP contribution in [0.15, 0.2) is 91.3 Å². The van der Waals surface area contributed by atoms with Gasteiger partial charge in [-0.1, -0.05) is 30.3 Å². The van der Waals surface area contributed by atoms with E-state index in [2.05, 4.69) is 27.1 Å². The lowest BCUT2D eigenvalue weighted by molar-refractivity contribution is 1.23. The van der Waals surface area contributed by atoms with Crippen LogP contribution in [0.1, 0.15) is 0 Å². The van der Waals surface area contributed by atoms with Crippen molar-refractivity contribution in [3.63, 3.8) is 0 Å². The molecule has 0 fully saturated rings. The van der Waals surface area contributed by atoms with Gasteiger partial charge in [-0.3, -0.25) is 4.98 Å². The van der Waals surface area contributed by atoms with Crippen LogP contribution in [0.2, 0.25) is 0 Å². The van der Waals surface area contributed by atoms with Gasteiger partial charge < -0.3 is 0 Å². The number of aromatic nitrogens is 5. The summed E-state index contributed by atoms with van der Waals surface area (Å²) < 4.78 is 0. The lowest BCUT2D eigenvalue weighted by Crippen LogP contribution is -1.93. The molecule has 0 bridgehead atoms.